The highest BCUT2D eigenvalue weighted by molar-refractivity contribution is 5.38. The van der Waals surface area contributed by atoms with Crippen LogP contribution in [0, 0.1) is 6.92 Å². The predicted octanol–water partition coefficient (Wildman–Crippen LogP) is 2.00. The zero-order valence-electron chi connectivity index (χ0n) is 9.82. The highest BCUT2D eigenvalue weighted by Gasteiger charge is 2.33. The molecule has 0 radical (unpaired) electrons. The fraction of sp³-hybridized carbons (Fsp3) is 0.538. The molecule has 0 aliphatic carbocycles. The van der Waals surface area contributed by atoms with Gasteiger partial charge >= 0.3 is 0 Å². The van der Waals surface area contributed by atoms with Gasteiger partial charge in [-0.1, -0.05) is 6.07 Å². The van der Waals surface area contributed by atoms with Crippen LogP contribution < -0.4 is 4.74 Å². The fourth-order valence-corrected chi connectivity index (χ4v) is 2.21. The van der Waals surface area contributed by atoms with Crippen LogP contribution in [0.2, 0.25) is 0 Å². The van der Waals surface area contributed by atoms with Crippen LogP contribution in [0.5, 0.6) is 5.75 Å². The van der Waals surface area contributed by atoms with E-state index in [-0.39, 0.29) is 0 Å². The lowest BCUT2D eigenvalue weighted by Crippen LogP contribution is -2.34. The number of aliphatic hydroxyl groups is 1. The third-order valence-electron chi connectivity index (χ3n) is 3.27. The quantitative estimate of drug-likeness (QED) is 0.831. The van der Waals surface area contributed by atoms with Crippen molar-refractivity contribution < 1.29 is 14.6 Å². The lowest BCUT2D eigenvalue weighted by Gasteiger charge is -2.33. The normalized spacial score (nSPS) is 19.4. The lowest BCUT2D eigenvalue weighted by molar-refractivity contribution is -0.0683. The Bertz CT molecular complexity index is 367. The second kappa shape index (κ2) is 4.44. The molecule has 16 heavy (non-hydrogen) atoms. The van der Waals surface area contributed by atoms with Crippen LogP contribution in [0.25, 0.3) is 0 Å². The molecule has 1 aromatic rings. The number of ether oxygens (including phenoxy) is 2. The number of aryl methyl sites for hydroxylation is 1. The summed E-state index contributed by atoms with van der Waals surface area (Å²) in [6.07, 6.45) is 1.31. The van der Waals surface area contributed by atoms with Crippen molar-refractivity contribution in [1.82, 2.24) is 0 Å². The molecule has 3 nitrogen and oxygen atoms in total. The predicted molar refractivity (Wildman–Crippen MR) is 61.7 cm³/mol. The van der Waals surface area contributed by atoms with E-state index in [1.165, 1.54) is 0 Å². The van der Waals surface area contributed by atoms with Gasteiger partial charge in [0.15, 0.2) is 0 Å². The molecule has 2 rings (SSSR count). The first-order chi connectivity index (χ1) is 7.65. The first-order valence-electron chi connectivity index (χ1n) is 5.61. The van der Waals surface area contributed by atoms with Crippen molar-refractivity contribution in [3.63, 3.8) is 0 Å². The maximum absolute atomic E-state index is 10.6. The van der Waals surface area contributed by atoms with E-state index in [1.807, 2.05) is 25.1 Å². The van der Waals surface area contributed by atoms with Gasteiger partial charge in [0.2, 0.25) is 0 Å². The van der Waals surface area contributed by atoms with E-state index in [0.29, 0.717) is 26.1 Å². The first kappa shape index (κ1) is 11.4. The standard InChI is InChI=1S/C13H18O3/c1-10-3-4-11(15-2)9-12(10)13(14)5-7-16-8-6-13/h3-4,9,14H,5-8H2,1-2H3. The van der Waals surface area contributed by atoms with Crippen LogP contribution >= 0.6 is 0 Å². The Morgan fingerprint density at radius 1 is 1.31 bits per heavy atom. The average Bonchev–Trinajstić information content (AvgIpc) is 2.30. The van der Waals surface area contributed by atoms with E-state index in [2.05, 4.69) is 0 Å². The molecule has 0 saturated carbocycles. The Morgan fingerprint density at radius 2 is 2.00 bits per heavy atom. The summed E-state index contributed by atoms with van der Waals surface area (Å²) in [6.45, 7) is 3.25. The number of rotatable bonds is 2. The molecule has 0 unspecified atom stereocenters. The Kier molecular flexibility index (Phi) is 3.17. The van der Waals surface area contributed by atoms with E-state index in [9.17, 15) is 5.11 Å². The second-order valence-electron chi connectivity index (χ2n) is 4.32. The Labute approximate surface area is 96.0 Å². The van der Waals surface area contributed by atoms with Crippen molar-refractivity contribution in [1.29, 1.82) is 0 Å². The van der Waals surface area contributed by atoms with E-state index < -0.39 is 5.60 Å². The van der Waals surface area contributed by atoms with Gasteiger partial charge in [-0.25, -0.2) is 0 Å². The molecule has 88 valence electrons. The Hall–Kier alpha value is -1.06. The van der Waals surface area contributed by atoms with Gasteiger partial charge in [0.1, 0.15) is 5.75 Å². The van der Waals surface area contributed by atoms with Crippen molar-refractivity contribution >= 4 is 0 Å². The van der Waals surface area contributed by atoms with Gasteiger partial charge in [-0.05, 0) is 30.2 Å². The molecule has 1 aliphatic heterocycles. The van der Waals surface area contributed by atoms with Crippen LogP contribution in [0.15, 0.2) is 18.2 Å². The first-order valence-corrected chi connectivity index (χ1v) is 5.61. The van der Waals surface area contributed by atoms with Gasteiger partial charge in [-0.3, -0.25) is 0 Å². The second-order valence-corrected chi connectivity index (χ2v) is 4.32. The molecule has 3 heteroatoms. The monoisotopic (exact) mass is 222 g/mol. The van der Waals surface area contributed by atoms with Gasteiger partial charge in [-0.15, -0.1) is 0 Å². The van der Waals surface area contributed by atoms with Crippen LogP contribution in [-0.4, -0.2) is 25.4 Å². The maximum Gasteiger partial charge on any atom is 0.119 e. The van der Waals surface area contributed by atoms with Gasteiger partial charge < -0.3 is 14.6 Å². The van der Waals surface area contributed by atoms with Gasteiger partial charge in [0.25, 0.3) is 0 Å². The third-order valence-corrected chi connectivity index (χ3v) is 3.27. The lowest BCUT2D eigenvalue weighted by atomic mass is 9.84. The SMILES string of the molecule is COc1ccc(C)c(C2(O)CCOCC2)c1. The van der Waals surface area contributed by atoms with Gasteiger partial charge in [0, 0.05) is 26.1 Å². The largest absolute Gasteiger partial charge is 0.497 e. The average molecular weight is 222 g/mol. The number of hydrogen-bond acceptors (Lipinski definition) is 3. The molecule has 0 amide bonds. The molecule has 0 bridgehead atoms. The number of benzene rings is 1. The van der Waals surface area contributed by atoms with Crippen molar-refractivity contribution in [3.05, 3.63) is 29.3 Å². The molecule has 1 heterocycles. The topological polar surface area (TPSA) is 38.7 Å². The highest BCUT2D eigenvalue weighted by Crippen LogP contribution is 2.35. The molecule has 1 aromatic carbocycles. The van der Waals surface area contributed by atoms with Crippen molar-refractivity contribution in [2.24, 2.45) is 0 Å². The molecule has 0 aromatic heterocycles. The molecule has 0 atom stereocenters. The molecule has 0 spiro atoms. The summed E-state index contributed by atoms with van der Waals surface area (Å²) in [5.74, 6) is 0.792. The summed E-state index contributed by atoms with van der Waals surface area (Å²) in [6, 6.07) is 5.84. The molecule has 1 saturated heterocycles. The number of hydrogen-bond donors (Lipinski definition) is 1. The van der Waals surface area contributed by atoms with Crippen molar-refractivity contribution in [3.8, 4) is 5.75 Å². The van der Waals surface area contributed by atoms with Crippen LogP contribution in [-0.2, 0) is 10.3 Å². The minimum absolute atomic E-state index is 0.618. The summed E-state index contributed by atoms with van der Waals surface area (Å²) < 4.78 is 10.5. The summed E-state index contributed by atoms with van der Waals surface area (Å²) >= 11 is 0. The van der Waals surface area contributed by atoms with Gasteiger partial charge in [0.05, 0.1) is 12.7 Å². The summed E-state index contributed by atoms with van der Waals surface area (Å²) in [5.41, 5.74) is 1.32. The minimum atomic E-state index is -0.753. The minimum Gasteiger partial charge on any atom is -0.497 e. The molecule has 1 fully saturated rings. The summed E-state index contributed by atoms with van der Waals surface area (Å²) in [5, 5.41) is 10.6. The molecular weight excluding hydrogens is 204 g/mol. The third kappa shape index (κ3) is 2.06. The van der Waals surface area contributed by atoms with Crippen LogP contribution in [0.1, 0.15) is 24.0 Å². The van der Waals surface area contributed by atoms with Crippen molar-refractivity contribution in [2.75, 3.05) is 20.3 Å². The zero-order valence-corrected chi connectivity index (χ0v) is 9.82. The molecule has 1 N–H and O–H groups in total. The zero-order chi connectivity index (χ0) is 11.6. The van der Waals surface area contributed by atoms with Crippen LogP contribution in [0.4, 0.5) is 0 Å². The van der Waals surface area contributed by atoms with E-state index >= 15 is 0 Å². The maximum atomic E-state index is 10.6. The summed E-state index contributed by atoms with van der Waals surface area (Å²) in [4.78, 5) is 0. The Morgan fingerprint density at radius 3 is 2.62 bits per heavy atom. The molecule has 1 aliphatic rings. The summed E-state index contributed by atoms with van der Waals surface area (Å²) in [7, 11) is 1.64. The Balaban J connectivity index is 2.37. The van der Waals surface area contributed by atoms with Crippen molar-refractivity contribution in [2.45, 2.75) is 25.4 Å². The van der Waals surface area contributed by atoms with Crippen LogP contribution in [0.3, 0.4) is 0 Å². The fourth-order valence-electron chi connectivity index (χ4n) is 2.21. The van der Waals surface area contributed by atoms with E-state index in [0.717, 1.165) is 16.9 Å². The molecular formula is C13H18O3. The van der Waals surface area contributed by atoms with Gasteiger partial charge in [-0.2, -0.15) is 0 Å². The number of methoxy groups -OCH3 is 1. The smallest absolute Gasteiger partial charge is 0.119 e. The highest BCUT2D eigenvalue weighted by atomic mass is 16.5. The van der Waals surface area contributed by atoms with E-state index in [1.54, 1.807) is 7.11 Å². The van der Waals surface area contributed by atoms with E-state index in [4.69, 9.17) is 9.47 Å².